The van der Waals surface area contributed by atoms with Crippen molar-refractivity contribution < 1.29 is 4.42 Å². The van der Waals surface area contributed by atoms with E-state index in [9.17, 15) is 0 Å². The predicted octanol–water partition coefficient (Wildman–Crippen LogP) is 14.0. The zero-order valence-electron chi connectivity index (χ0n) is 33.7. The van der Waals surface area contributed by atoms with Crippen LogP contribution >= 0.6 is 0 Å². The molecule has 0 unspecified atom stereocenters. The Kier molecular flexibility index (Phi) is 7.77. The fourth-order valence-electron chi connectivity index (χ4n) is 9.34. The Balaban J connectivity index is 0.938. The maximum absolute atomic E-state index is 6.01. The summed E-state index contributed by atoms with van der Waals surface area (Å²) in [5.41, 5.74) is 17.5. The van der Waals surface area contributed by atoms with Crippen molar-refractivity contribution in [1.29, 1.82) is 0 Å². The SMILES string of the molecule is c1ccc(-c2cc(-n3c4ccccc4c4cc(-c5ccc6c(c5)c5ccccc5n6-c5cncc(-c6ccc7oc8cccnc8c7n6)c5)ccc43)cc(-c3ccccc3)n2)cc1. The molecule has 7 nitrogen and oxygen atoms in total. The molecule has 0 N–H and O–H groups in total. The zero-order valence-corrected chi connectivity index (χ0v) is 33.7. The van der Waals surface area contributed by atoms with Crippen molar-refractivity contribution in [3.63, 3.8) is 0 Å². The number of rotatable bonds is 6. The number of hydrogen-bond acceptors (Lipinski definition) is 5. The van der Waals surface area contributed by atoms with Gasteiger partial charge >= 0.3 is 0 Å². The van der Waals surface area contributed by atoms with Crippen molar-refractivity contribution in [2.24, 2.45) is 0 Å². The van der Waals surface area contributed by atoms with Gasteiger partial charge in [0.1, 0.15) is 11.0 Å². The Morgan fingerprint density at radius 3 is 1.57 bits per heavy atom. The van der Waals surface area contributed by atoms with E-state index in [-0.39, 0.29) is 0 Å². The third kappa shape index (κ3) is 5.67. The number of hydrogen-bond donors (Lipinski definition) is 0. The molecule has 0 spiro atoms. The molecule has 7 aromatic heterocycles. The van der Waals surface area contributed by atoms with Gasteiger partial charge in [0.25, 0.3) is 0 Å². The van der Waals surface area contributed by atoms with Gasteiger partial charge in [0.2, 0.25) is 0 Å². The second-order valence-corrected chi connectivity index (χ2v) is 15.9. The van der Waals surface area contributed by atoms with Crippen molar-refractivity contribution in [2.75, 3.05) is 0 Å². The molecule has 0 atom stereocenters. The largest absolute Gasteiger partial charge is 0.453 e. The van der Waals surface area contributed by atoms with E-state index >= 15 is 0 Å². The van der Waals surface area contributed by atoms with Gasteiger partial charge < -0.3 is 13.6 Å². The van der Waals surface area contributed by atoms with Gasteiger partial charge in [-0.3, -0.25) is 9.97 Å². The first kappa shape index (κ1) is 35.1. The number of aromatic nitrogens is 6. The third-order valence-corrected chi connectivity index (χ3v) is 12.2. The summed E-state index contributed by atoms with van der Waals surface area (Å²) in [7, 11) is 0. The van der Waals surface area contributed by atoms with Crippen LogP contribution in [0.2, 0.25) is 0 Å². The van der Waals surface area contributed by atoms with E-state index in [1.165, 1.54) is 21.5 Å². The van der Waals surface area contributed by atoms with E-state index in [2.05, 4.69) is 166 Å². The molecule has 7 heterocycles. The molecular weight excluding hydrogens is 773 g/mol. The molecule has 0 amide bonds. The summed E-state index contributed by atoms with van der Waals surface area (Å²) >= 11 is 0. The number of benzene rings is 6. The molecule has 63 heavy (non-hydrogen) atoms. The lowest BCUT2D eigenvalue weighted by molar-refractivity contribution is 0.667. The van der Waals surface area contributed by atoms with Crippen molar-refractivity contribution in [1.82, 2.24) is 29.1 Å². The van der Waals surface area contributed by atoms with Crippen molar-refractivity contribution in [3.05, 3.63) is 207 Å². The number of furan rings is 1. The van der Waals surface area contributed by atoms with E-state index in [4.69, 9.17) is 19.4 Å². The topological polar surface area (TPSA) is 74.6 Å². The summed E-state index contributed by atoms with van der Waals surface area (Å²) < 4.78 is 10.7. The molecule has 13 aromatic rings. The highest BCUT2D eigenvalue weighted by molar-refractivity contribution is 6.13. The Morgan fingerprint density at radius 2 is 0.921 bits per heavy atom. The second-order valence-electron chi connectivity index (χ2n) is 15.9. The number of nitrogens with zero attached hydrogens (tertiary/aromatic N) is 6. The summed E-state index contributed by atoms with van der Waals surface area (Å²) in [4.78, 5) is 19.5. The Labute approximate surface area is 360 Å². The molecule has 0 aliphatic heterocycles. The standard InChI is InChI=1S/C56H34N6O/c1-3-12-35(13-4-1)47-31-40(32-48(59-47)36-14-5-2-6-15-36)61-49-18-9-7-16-42(49)44-29-37(21-24-51(44)61)38-22-25-52-45(30-38)43-17-8-10-19-50(43)62(52)41-28-39(33-57-34-41)46-23-26-54-56(60-46)55-53(63-54)20-11-27-58-55/h1-34H. The molecular formula is C56H34N6O. The third-order valence-electron chi connectivity index (χ3n) is 12.2. The van der Waals surface area contributed by atoms with Crippen LogP contribution in [0.3, 0.4) is 0 Å². The monoisotopic (exact) mass is 806 g/mol. The second kappa shape index (κ2) is 13.9. The normalized spacial score (nSPS) is 11.8. The van der Waals surface area contributed by atoms with E-state index in [1.54, 1.807) is 6.20 Å². The maximum Gasteiger partial charge on any atom is 0.155 e. The Bertz CT molecular complexity index is 3860. The van der Waals surface area contributed by atoms with Crippen LogP contribution in [0, 0.1) is 0 Å². The fourth-order valence-corrected chi connectivity index (χ4v) is 9.34. The highest BCUT2D eigenvalue weighted by Crippen LogP contribution is 2.40. The Hall–Kier alpha value is -8.68. The molecule has 0 radical (unpaired) electrons. The van der Waals surface area contributed by atoms with Gasteiger partial charge in [-0.25, -0.2) is 9.97 Å². The van der Waals surface area contributed by atoms with Gasteiger partial charge in [0, 0.05) is 50.6 Å². The van der Waals surface area contributed by atoms with E-state index in [1.807, 2.05) is 48.8 Å². The summed E-state index contributed by atoms with van der Waals surface area (Å²) in [6, 6.07) is 66.2. The molecule has 294 valence electrons. The van der Waals surface area contributed by atoms with Crippen molar-refractivity contribution in [2.45, 2.75) is 0 Å². The summed E-state index contributed by atoms with van der Waals surface area (Å²) in [6.45, 7) is 0. The summed E-state index contributed by atoms with van der Waals surface area (Å²) in [5, 5.41) is 4.74. The molecule has 6 aromatic carbocycles. The lowest BCUT2D eigenvalue weighted by atomic mass is 10.0. The quantitative estimate of drug-likeness (QED) is 0.167. The molecule has 7 heteroatoms. The van der Waals surface area contributed by atoms with Gasteiger partial charge in [-0.1, -0.05) is 109 Å². The zero-order chi connectivity index (χ0) is 41.4. The van der Waals surface area contributed by atoms with Crippen LogP contribution in [0.15, 0.2) is 211 Å². The Morgan fingerprint density at radius 1 is 0.349 bits per heavy atom. The average Bonchev–Trinajstić information content (AvgIpc) is 4.01. The minimum Gasteiger partial charge on any atom is -0.453 e. The van der Waals surface area contributed by atoms with Gasteiger partial charge in [-0.2, -0.15) is 0 Å². The molecule has 0 aliphatic carbocycles. The average molecular weight is 807 g/mol. The minimum atomic E-state index is 0.711. The first-order chi connectivity index (χ1) is 31.2. The van der Waals surface area contributed by atoms with Gasteiger partial charge in [0.05, 0.1) is 56.7 Å². The molecule has 13 rings (SSSR count). The fraction of sp³-hybridized carbons (Fsp3) is 0. The van der Waals surface area contributed by atoms with Crippen LogP contribution in [0.25, 0.3) is 122 Å². The van der Waals surface area contributed by atoms with Crippen molar-refractivity contribution in [3.8, 4) is 56.3 Å². The van der Waals surface area contributed by atoms with Gasteiger partial charge in [-0.15, -0.1) is 0 Å². The van der Waals surface area contributed by atoms with E-state index in [0.717, 1.165) is 95.0 Å². The van der Waals surface area contributed by atoms with Crippen LogP contribution in [-0.2, 0) is 0 Å². The lowest BCUT2D eigenvalue weighted by Crippen LogP contribution is -1.98. The first-order valence-electron chi connectivity index (χ1n) is 21.0. The highest BCUT2D eigenvalue weighted by Gasteiger charge is 2.19. The molecule has 0 aliphatic rings. The predicted molar refractivity (Wildman–Crippen MR) is 255 cm³/mol. The van der Waals surface area contributed by atoms with Crippen LogP contribution in [0.4, 0.5) is 0 Å². The molecule has 0 fully saturated rings. The highest BCUT2D eigenvalue weighted by atomic mass is 16.3. The molecule has 0 saturated heterocycles. The van der Waals surface area contributed by atoms with Gasteiger partial charge in [-0.05, 0) is 90.0 Å². The summed E-state index contributed by atoms with van der Waals surface area (Å²) in [6.07, 6.45) is 5.56. The minimum absolute atomic E-state index is 0.711. The number of para-hydroxylation sites is 2. The smallest absolute Gasteiger partial charge is 0.155 e. The van der Waals surface area contributed by atoms with Crippen LogP contribution < -0.4 is 0 Å². The maximum atomic E-state index is 6.01. The number of fused-ring (bicyclic) bond motifs is 9. The molecule has 0 bridgehead atoms. The van der Waals surface area contributed by atoms with Crippen LogP contribution in [0.5, 0.6) is 0 Å². The van der Waals surface area contributed by atoms with Crippen LogP contribution in [0.1, 0.15) is 0 Å². The van der Waals surface area contributed by atoms with E-state index < -0.39 is 0 Å². The molecule has 0 saturated carbocycles. The van der Waals surface area contributed by atoms with Gasteiger partial charge in [0.15, 0.2) is 11.2 Å². The summed E-state index contributed by atoms with van der Waals surface area (Å²) in [5.74, 6) is 0. The van der Waals surface area contributed by atoms with E-state index in [0.29, 0.717) is 5.58 Å². The van der Waals surface area contributed by atoms with Crippen molar-refractivity contribution >= 4 is 65.8 Å². The number of pyridine rings is 4. The first-order valence-corrected chi connectivity index (χ1v) is 21.0. The van der Waals surface area contributed by atoms with Crippen LogP contribution in [-0.4, -0.2) is 29.1 Å². The lowest BCUT2D eigenvalue weighted by Gasteiger charge is -2.13.